The summed E-state index contributed by atoms with van der Waals surface area (Å²) in [6.45, 7) is 1.66. The van der Waals surface area contributed by atoms with Crippen LogP contribution in [-0.2, 0) is 0 Å². The van der Waals surface area contributed by atoms with Gasteiger partial charge in [0.05, 0.1) is 11.4 Å². The maximum Gasteiger partial charge on any atom is 0.151 e. The average molecular weight is 210 g/mol. The Morgan fingerprint density at radius 2 is 2.20 bits per heavy atom. The summed E-state index contributed by atoms with van der Waals surface area (Å²) in [4.78, 5) is 2.11. The van der Waals surface area contributed by atoms with Crippen molar-refractivity contribution in [1.29, 1.82) is 0 Å². The molecule has 1 aromatic rings. The Morgan fingerprint density at radius 3 is 3.07 bits per heavy atom. The number of anilines is 2. The highest BCUT2D eigenvalue weighted by molar-refractivity contribution is 5.74. The van der Waals surface area contributed by atoms with Crippen LogP contribution in [0.2, 0.25) is 0 Å². The summed E-state index contributed by atoms with van der Waals surface area (Å²) < 4.78 is 26.6. The molecule has 0 amide bonds. The highest BCUT2D eigenvalue weighted by atomic mass is 19.1. The lowest BCUT2D eigenvalue weighted by molar-refractivity contribution is 0.576. The fraction of sp³-hybridized carbons (Fsp3) is 0.455. The van der Waals surface area contributed by atoms with E-state index in [-0.39, 0.29) is 0 Å². The van der Waals surface area contributed by atoms with Crippen molar-refractivity contribution in [3.8, 4) is 0 Å². The number of nitrogens with one attached hydrogen (secondary N) is 1. The van der Waals surface area contributed by atoms with Crippen molar-refractivity contribution in [1.82, 2.24) is 0 Å². The second-order valence-corrected chi connectivity index (χ2v) is 4.15. The number of hydrogen-bond donors (Lipinski definition) is 1. The summed E-state index contributed by atoms with van der Waals surface area (Å²) >= 11 is 0. The number of nitrogens with zero attached hydrogens (tertiary/aromatic N) is 1. The van der Waals surface area contributed by atoms with Crippen molar-refractivity contribution in [2.24, 2.45) is 0 Å². The molecule has 2 aliphatic heterocycles. The van der Waals surface area contributed by atoms with Gasteiger partial charge in [-0.1, -0.05) is 0 Å². The number of hydrogen-bond acceptors (Lipinski definition) is 2. The largest absolute Gasteiger partial charge is 0.379 e. The lowest BCUT2D eigenvalue weighted by Gasteiger charge is -2.34. The van der Waals surface area contributed by atoms with Crippen LogP contribution < -0.4 is 10.2 Å². The molecule has 1 saturated heterocycles. The predicted octanol–water partition coefficient (Wildman–Crippen LogP) is 2.36. The summed E-state index contributed by atoms with van der Waals surface area (Å²) in [5.41, 5.74) is 1.14. The molecule has 80 valence electrons. The zero-order chi connectivity index (χ0) is 10.4. The third kappa shape index (κ3) is 1.28. The fourth-order valence-electron chi connectivity index (χ4n) is 2.55. The Hall–Kier alpha value is -1.32. The van der Waals surface area contributed by atoms with Crippen LogP contribution in [0.15, 0.2) is 12.1 Å². The van der Waals surface area contributed by atoms with Gasteiger partial charge in [0.25, 0.3) is 0 Å². The Labute approximate surface area is 86.9 Å². The molecule has 1 unspecified atom stereocenters. The van der Waals surface area contributed by atoms with Gasteiger partial charge in [0.1, 0.15) is 5.82 Å². The maximum atomic E-state index is 13.5. The van der Waals surface area contributed by atoms with E-state index in [0.717, 1.165) is 32.0 Å². The first kappa shape index (κ1) is 8.95. The minimum absolute atomic E-state index is 0.402. The summed E-state index contributed by atoms with van der Waals surface area (Å²) in [5, 5.41) is 3.05. The van der Waals surface area contributed by atoms with Gasteiger partial charge in [-0.05, 0) is 18.9 Å². The van der Waals surface area contributed by atoms with E-state index < -0.39 is 11.6 Å². The Balaban J connectivity index is 2.12. The minimum Gasteiger partial charge on any atom is -0.379 e. The van der Waals surface area contributed by atoms with Crippen LogP contribution in [0.1, 0.15) is 12.8 Å². The van der Waals surface area contributed by atoms with E-state index in [4.69, 9.17) is 0 Å². The lowest BCUT2D eigenvalue weighted by Crippen LogP contribution is -2.39. The summed E-state index contributed by atoms with van der Waals surface area (Å²) in [7, 11) is 0. The van der Waals surface area contributed by atoms with Crippen molar-refractivity contribution >= 4 is 11.4 Å². The first-order chi connectivity index (χ1) is 7.25. The van der Waals surface area contributed by atoms with E-state index in [0.29, 0.717) is 17.4 Å². The van der Waals surface area contributed by atoms with E-state index in [2.05, 4.69) is 10.2 Å². The Bertz CT molecular complexity index is 406. The monoisotopic (exact) mass is 210 g/mol. The van der Waals surface area contributed by atoms with E-state index >= 15 is 0 Å². The normalized spacial score (nSPS) is 23.3. The van der Waals surface area contributed by atoms with Crippen LogP contribution in [-0.4, -0.2) is 19.1 Å². The van der Waals surface area contributed by atoms with Gasteiger partial charge in [-0.25, -0.2) is 8.78 Å². The molecule has 1 atom stereocenters. The molecule has 15 heavy (non-hydrogen) atoms. The summed E-state index contributed by atoms with van der Waals surface area (Å²) in [6.07, 6.45) is 2.20. The Kier molecular flexibility index (Phi) is 1.84. The van der Waals surface area contributed by atoms with Gasteiger partial charge in [-0.2, -0.15) is 0 Å². The maximum absolute atomic E-state index is 13.5. The number of rotatable bonds is 0. The molecule has 2 nitrogen and oxygen atoms in total. The lowest BCUT2D eigenvalue weighted by atomic mass is 10.1. The number of benzene rings is 1. The second kappa shape index (κ2) is 3.08. The molecule has 1 aromatic carbocycles. The van der Waals surface area contributed by atoms with Gasteiger partial charge in [-0.15, -0.1) is 0 Å². The second-order valence-electron chi connectivity index (χ2n) is 4.15. The van der Waals surface area contributed by atoms with Crippen LogP contribution in [0, 0.1) is 11.6 Å². The van der Waals surface area contributed by atoms with Gasteiger partial charge in [0.15, 0.2) is 5.82 Å². The van der Waals surface area contributed by atoms with E-state index in [9.17, 15) is 8.78 Å². The van der Waals surface area contributed by atoms with Crippen LogP contribution in [0.25, 0.3) is 0 Å². The third-order valence-electron chi connectivity index (χ3n) is 3.24. The topological polar surface area (TPSA) is 15.3 Å². The van der Waals surface area contributed by atoms with E-state index in [1.165, 1.54) is 6.07 Å². The SMILES string of the molecule is Fc1cc(F)c2c(c1)N1CCCC1CN2. The molecule has 0 aliphatic carbocycles. The van der Waals surface area contributed by atoms with Gasteiger partial charge >= 0.3 is 0 Å². The van der Waals surface area contributed by atoms with Crippen molar-refractivity contribution in [2.75, 3.05) is 23.3 Å². The van der Waals surface area contributed by atoms with Crippen LogP contribution in [0.4, 0.5) is 20.2 Å². The summed E-state index contributed by atoms with van der Waals surface area (Å²) in [5.74, 6) is -0.990. The molecule has 0 saturated carbocycles. The first-order valence-corrected chi connectivity index (χ1v) is 5.25. The third-order valence-corrected chi connectivity index (χ3v) is 3.24. The molecule has 3 rings (SSSR count). The first-order valence-electron chi connectivity index (χ1n) is 5.25. The number of fused-ring (bicyclic) bond motifs is 3. The molecule has 2 heterocycles. The van der Waals surface area contributed by atoms with E-state index in [1.54, 1.807) is 0 Å². The average Bonchev–Trinajstić information content (AvgIpc) is 2.65. The molecule has 1 fully saturated rings. The highest BCUT2D eigenvalue weighted by Crippen LogP contribution is 2.38. The molecule has 0 spiro atoms. The molecule has 0 aromatic heterocycles. The quantitative estimate of drug-likeness (QED) is 0.707. The van der Waals surface area contributed by atoms with Gasteiger partial charge in [0, 0.05) is 25.2 Å². The molecular formula is C11H12F2N2. The molecule has 0 bridgehead atoms. The van der Waals surface area contributed by atoms with Gasteiger partial charge < -0.3 is 10.2 Å². The van der Waals surface area contributed by atoms with Crippen molar-refractivity contribution < 1.29 is 8.78 Å². The molecule has 2 aliphatic rings. The minimum atomic E-state index is -0.499. The smallest absolute Gasteiger partial charge is 0.151 e. The zero-order valence-electron chi connectivity index (χ0n) is 8.26. The van der Waals surface area contributed by atoms with Crippen LogP contribution in [0.3, 0.4) is 0 Å². The van der Waals surface area contributed by atoms with Crippen molar-refractivity contribution in [3.05, 3.63) is 23.8 Å². The highest BCUT2D eigenvalue weighted by Gasteiger charge is 2.31. The molecule has 0 radical (unpaired) electrons. The van der Waals surface area contributed by atoms with Gasteiger partial charge in [-0.3, -0.25) is 0 Å². The standard InChI is InChI=1S/C11H12F2N2/c12-7-4-9(13)11-10(5-7)15-3-1-2-8(15)6-14-11/h4-5,8,14H,1-3,6H2. The van der Waals surface area contributed by atoms with Crippen LogP contribution in [0.5, 0.6) is 0 Å². The molecule has 4 heteroatoms. The number of halogens is 2. The summed E-state index contributed by atoms with van der Waals surface area (Å²) in [6, 6.07) is 2.75. The fourth-order valence-corrected chi connectivity index (χ4v) is 2.55. The predicted molar refractivity (Wildman–Crippen MR) is 55.2 cm³/mol. The van der Waals surface area contributed by atoms with E-state index in [1.807, 2.05) is 0 Å². The van der Waals surface area contributed by atoms with Crippen molar-refractivity contribution in [2.45, 2.75) is 18.9 Å². The van der Waals surface area contributed by atoms with Gasteiger partial charge in [0.2, 0.25) is 0 Å². The Morgan fingerprint density at radius 1 is 1.33 bits per heavy atom. The zero-order valence-corrected chi connectivity index (χ0v) is 8.26. The molecule has 1 N–H and O–H groups in total. The molecular weight excluding hydrogens is 198 g/mol. The van der Waals surface area contributed by atoms with Crippen molar-refractivity contribution in [3.63, 3.8) is 0 Å². The van der Waals surface area contributed by atoms with Crippen LogP contribution >= 0.6 is 0 Å².